The van der Waals surface area contributed by atoms with Gasteiger partial charge in [0.05, 0.1) is 18.8 Å². The van der Waals surface area contributed by atoms with Gasteiger partial charge in [0.15, 0.2) is 6.10 Å². The fourth-order valence-electron chi connectivity index (χ4n) is 5.11. The zero-order chi connectivity index (χ0) is 32.7. The summed E-state index contributed by atoms with van der Waals surface area (Å²) in [4.78, 5) is 41.3. The minimum atomic E-state index is -5.15. The average Bonchev–Trinajstić information content (AvgIpc) is 3.42. The lowest BCUT2D eigenvalue weighted by Gasteiger charge is -2.30. The third-order valence-corrected chi connectivity index (χ3v) is 7.79. The first-order valence-corrected chi connectivity index (χ1v) is 15.1. The molecule has 45 heavy (non-hydrogen) atoms. The van der Waals surface area contributed by atoms with Gasteiger partial charge in [-0.05, 0) is 35.2 Å². The number of hydrogen-bond donors (Lipinski definition) is 1. The van der Waals surface area contributed by atoms with Gasteiger partial charge in [-0.3, -0.25) is 14.4 Å². The quantitative estimate of drug-likeness (QED) is 0.241. The lowest BCUT2D eigenvalue weighted by Crippen LogP contribution is -2.56. The van der Waals surface area contributed by atoms with Crippen LogP contribution in [0.3, 0.4) is 0 Å². The molecule has 7 nitrogen and oxygen atoms in total. The maximum Gasteiger partial charge on any atom is 0.452 e. The van der Waals surface area contributed by atoms with E-state index >= 15 is 0 Å². The monoisotopic (exact) mass is 664 g/mol. The molecule has 1 N–H and O–H groups in total. The summed E-state index contributed by atoms with van der Waals surface area (Å²) in [6.45, 7) is 2.96. The number of alkyl halides is 3. The molecule has 2 unspecified atom stereocenters. The summed E-state index contributed by atoms with van der Waals surface area (Å²) < 4.78 is 52.3. The summed E-state index contributed by atoms with van der Waals surface area (Å²) in [6.07, 6.45) is -6.84. The van der Waals surface area contributed by atoms with Crippen molar-refractivity contribution in [2.24, 2.45) is 5.92 Å². The molecule has 0 aliphatic carbocycles. The van der Waals surface area contributed by atoms with E-state index in [1.165, 1.54) is 36.9 Å². The first kappa shape index (κ1) is 34.3. The fraction of sp³-hybridized carbons (Fsp3) is 0.364. The molecule has 0 spiro atoms. The molecule has 1 aliphatic heterocycles. The largest absolute Gasteiger partial charge is 0.480 e. The number of likely N-dealkylation sites (tertiary alicyclic amines) is 1. The molecule has 0 saturated carbocycles. The van der Waals surface area contributed by atoms with Crippen LogP contribution in [0.1, 0.15) is 31.4 Å². The van der Waals surface area contributed by atoms with Crippen LogP contribution in [0.4, 0.5) is 13.2 Å². The SMILES string of the molecule is CC(C)C(NC(=O)[C@@H]1C[C@@H](OCc2ccccc2)CN1C(=O)C(Cc1ccccc1)Oc1cc(Cl)cc(Cl)c1)C(=O)C(F)(F)F. The second kappa shape index (κ2) is 15.1. The van der Waals surface area contributed by atoms with Crippen molar-refractivity contribution in [2.75, 3.05) is 6.54 Å². The highest BCUT2D eigenvalue weighted by atomic mass is 35.5. The number of benzene rings is 3. The van der Waals surface area contributed by atoms with Crippen LogP contribution in [0.25, 0.3) is 0 Å². The smallest absolute Gasteiger partial charge is 0.452 e. The van der Waals surface area contributed by atoms with Gasteiger partial charge in [0.2, 0.25) is 5.91 Å². The Labute approximate surface area is 269 Å². The van der Waals surface area contributed by atoms with E-state index in [1.807, 2.05) is 48.5 Å². The number of carbonyl (C=O) groups is 3. The predicted octanol–water partition coefficient (Wildman–Crippen LogP) is 6.44. The summed E-state index contributed by atoms with van der Waals surface area (Å²) in [5.74, 6) is -4.20. The van der Waals surface area contributed by atoms with Crippen molar-refractivity contribution >= 4 is 40.8 Å². The van der Waals surface area contributed by atoms with E-state index in [4.69, 9.17) is 32.7 Å². The van der Waals surface area contributed by atoms with E-state index < -0.39 is 54.0 Å². The van der Waals surface area contributed by atoms with Gasteiger partial charge < -0.3 is 19.7 Å². The highest BCUT2D eigenvalue weighted by molar-refractivity contribution is 6.34. The van der Waals surface area contributed by atoms with Crippen molar-refractivity contribution < 1.29 is 37.0 Å². The van der Waals surface area contributed by atoms with Crippen LogP contribution >= 0.6 is 23.2 Å². The van der Waals surface area contributed by atoms with E-state index in [1.54, 1.807) is 12.1 Å². The van der Waals surface area contributed by atoms with Gasteiger partial charge in [0, 0.05) is 29.4 Å². The van der Waals surface area contributed by atoms with Gasteiger partial charge in [-0.25, -0.2) is 0 Å². The molecule has 4 rings (SSSR count). The van der Waals surface area contributed by atoms with E-state index in [9.17, 15) is 27.6 Å². The second-order valence-corrected chi connectivity index (χ2v) is 12.0. The second-order valence-electron chi connectivity index (χ2n) is 11.2. The number of ketones is 1. The fourth-order valence-corrected chi connectivity index (χ4v) is 5.62. The molecule has 1 saturated heterocycles. The van der Waals surface area contributed by atoms with Crippen LogP contribution in [0, 0.1) is 5.92 Å². The average molecular weight is 666 g/mol. The molecule has 4 atom stereocenters. The molecule has 0 radical (unpaired) electrons. The normalized spacial score (nSPS) is 18.0. The molecule has 0 aromatic heterocycles. The highest BCUT2D eigenvalue weighted by Gasteiger charge is 2.48. The lowest BCUT2D eigenvalue weighted by molar-refractivity contribution is -0.175. The standard InChI is InChI=1S/C33H33Cl2F3N2O5/c1-20(2)29(30(41)33(36,37)38)39-31(42)27-17-26(44-19-22-11-7-4-8-12-22)18-40(27)32(43)28(13-21-9-5-3-6-10-21)45-25-15-23(34)14-24(35)16-25/h3-12,14-16,20,26-29H,13,17-19H2,1-2H3,(H,39,42)/t26-,27+,28?,29?/m1/s1. The zero-order valence-electron chi connectivity index (χ0n) is 24.6. The Morgan fingerprint density at radius 3 is 2.07 bits per heavy atom. The molecule has 0 bridgehead atoms. The Kier molecular flexibility index (Phi) is 11.5. The van der Waals surface area contributed by atoms with Gasteiger partial charge in [-0.2, -0.15) is 13.2 Å². The molecule has 240 valence electrons. The van der Waals surface area contributed by atoms with Crippen LogP contribution < -0.4 is 10.1 Å². The van der Waals surface area contributed by atoms with E-state index in [0.29, 0.717) is 0 Å². The minimum absolute atomic E-state index is 0.00349. The van der Waals surface area contributed by atoms with Crippen LogP contribution in [-0.4, -0.2) is 59.5 Å². The van der Waals surface area contributed by atoms with Crippen molar-refractivity contribution in [2.45, 2.75) is 63.8 Å². The van der Waals surface area contributed by atoms with Crippen LogP contribution in [0.5, 0.6) is 5.75 Å². The molecular formula is C33H33Cl2F3N2O5. The Balaban J connectivity index is 1.63. The summed E-state index contributed by atoms with van der Waals surface area (Å²) >= 11 is 12.3. The van der Waals surface area contributed by atoms with Gasteiger partial charge >= 0.3 is 6.18 Å². The first-order chi connectivity index (χ1) is 21.3. The van der Waals surface area contributed by atoms with Gasteiger partial charge in [0.25, 0.3) is 11.7 Å². The molecule has 3 aromatic carbocycles. The Hall–Kier alpha value is -3.60. The maximum absolute atomic E-state index is 14.2. The zero-order valence-corrected chi connectivity index (χ0v) is 26.1. The molecular weight excluding hydrogens is 632 g/mol. The highest BCUT2D eigenvalue weighted by Crippen LogP contribution is 2.29. The van der Waals surface area contributed by atoms with E-state index in [-0.39, 0.29) is 41.8 Å². The topological polar surface area (TPSA) is 84.9 Å². The first-order valence-electron chi connectivity index (χ1n) is 14.4. The van der Waals surface area contributed by atoms with Gasteiger partial charge in [-0.1, -0.05) is 97.7 Å². The Morgan fingerprint density at radius 1 is 0.933 bits per heavy atom. The number of rotatable bonds is 12. The van der Waals surface area contributed by atoms with Gasteiger partial charge in [0.1, 0.15) is 11.8 Å². The van der Waals surface area contributed by atoms with Crippen molar-refractivity contribution in [1.29, 1.82) is 0 Å². The summed E-state index contributed by atoms with van der Waals surface area (Å²) in [7, 11) is 0. The van der Waals surface area contributed by atoms with Crippen molar-refractivity contribution in [1.82, 2.24) is 10.2 Å². The predicted molar refractivity (Wildman–Crippen MR) is 164 cm³/mol. The molecule has 1 heterocycles. The molecule has 1 aliphatic rings. The Morgan fingerprint density at radius 2 is 1.51 bits per heavy atom. The number of amides is 2. The number of nitrogens with zero attached hydrogens (tertiary/aromatic N) is 1. The van der Waals surface area contributed by atoms with Crippen LogP contribution in [0.2, 0.25) is 10.0 Å². The number of carbonyl (C=O) groups excluding carboxylic acids is 3. The number of ether oxygens (including phenoxy) is 2. The number of nitrogens with one attached hydrogen (secondary N) is 1. The minimum Gasteiger partial charge on any atom is -0.480 e. The number of Topliss-reactive ketones (excluding diaryl/α,β-unsaturated/α-hetero) is 1. The Bertz CT molecular complexity index is 1450. The van der Waals surface area contributed by atoms with E-state index in [0.717, 1.165) is 11.1 Å². The summed E-state index contributed by atoms with van der Waals surface area (Å²) in [5, 5.41) is 2.83. The van der Waals surface area contributed by atoms with Crippen molar-refractivity contribution in [3.8, 4) is 5.75 Å². The third kappa shape index (κ3) is 9.45. The molecule has 12 heteroatoms. The summed E-state index contributed by atoms with van der Waals surface area (Å²) in [5.41, 5.74) is 1.62. The van der Waals surface area contributed by atoms with Crippen LogP contribution in [0.15, 0.2) is 78.9 Å². The van der Waals surface area contributed by atoms with Gasteiger partial charge in [-0.15, -0.1) is 0 Å². The third-order valence-electron chi connectivity index (χ3n) is 7.36. The van der Waals surface area contributed by atoms with E-state index in [2.05, 4.69) is 5.32 Å². The van der Waals surface area contributed by atoms with Crippen molar-refractivity contribution in [3.05, 3.63) is 100 Å². The summed E-state index contributed by atoms with van der Waals surface area (Å²) in [6, 6.07) is 19.7. The molecule has 1 fully saturated rings. The number of hydrogen-bond acceptors (Lipinski definition) is 5. The molecule has 3 aromatic rings. The molecule has 2 amide bonds. The lowest BCUT2D eigenvalue weighted by atomic mass is 9.98. The number of halogens is 5. The van der Waals surface area contributed by atoms with Crippen LogP contribution in [-0.2, 0) is 32.1 Å². The maximum atomic E-state index is 14.2. The van der Waals surface area contributed by atoms with Crippen molar-refractivity contribution in [3.63, 3.8) is 0 Å².